The smallest absolute Gasteiger partial charge is 0.254 e. The summed E-state index contributed by atoms with van der Waals surface area (Å²) in [4.78, 5) is 18.0. The summed E-state index contributed by atoms with van der Waals surface area (Å²) in [5, 5.41) is 0. The molecule has 20 heavy (non-hydrogen) atoms. The molecule has 0 N–H and O–H groups in total. The monoisotopic (exact) mass is 334 g/mol. The van der Waals surface area contributed by atoms with Gasteiger partial charge < -0.3 is 9.64 Å². The molecule has 0 saturated carbocycles. The molecule has 0 spiro atoms. The van der Waals surface area contributed by atoms with Gasteiger partial charge in [-0.2, -0.15) is 0 Å². The highest BCUT2D eigenvalue weighted by Gasteiger charge is 2.12. The molecule has 0 unspecified atom stereocenters. The van der Waals surface area contributed by atoms with Crippen molar-refractivity contribution < 1.29 is 9.53 Å². The fourth-order valence-electron chi connectivity index (χ4n) is 1.84. The average molecular weight is 335 g/mol. The first-order valence-corrected chi connectivity index (χ1v) is 7.26. The van der Waals surface area contributed by atoms with Gasteiger partial charge in [0.05, 0.1) is 0 Å². The Morgan fingerprint density at radius 1 is 1.35 bits per heavy atom. The quantitative estimate of drug-likeness (QED) is 0.789. The van der Waals surface area contributed by atoms with E-state index in [-0.39, 0.29) is 5.91 Å². The molecule has 1 aromatic carbocycles. The maximum Gasteiger partial charge on any atom is 0.254 e. The van der Waals surface area contributed by atoms with Gasteiger partial charge in [-0.25, -0.2) is 0 Å². The van der Waals surface area contributed by atoms with Crippen molar-refractivity contribution in [2.24, 2.45) is 0 Å². The third-order valence-corrected chi connectivity index (χ3v) is 3.02. The SMILES string of the molecule is CN(Cc1cccnc1)C(=O)c1cccc(OCBr)c1. The van der Waals surface area contributed by atoms with E-state index in [1.165, 1.54) is 0 Å². The average Bonchev–Trinajstić information content (AvgIpc) is 2.48. The van der Waals surface area contributed by atoms with Crippen molar-refractivity contribution >= 4 is 21.8 Å². The molecule has 0 aliphatic carbocycles. The second-order valence-corrected chi connectivity index (χ2v) is 4.76. The van der Waals surface area contributed by atoms with Crippen LogP contribution in [-0.2, 0) is 6.54 Å². The number of alkyl halides is 1. The molecule has 0 bridgehead atoms. The molecule has 0 radical (unpaired) electrons. The number of benzene rings is 1. The molecule has 2 rings (SSSR count). The van der Waals surface area contributed by atoms with Crippen molar-refractivity contribution in [1.29, 1.82) is 0 Å². The minimum Gasteiger partial charge on any atom is -0.482 e. The van der Waals surface area contributed by atoms with Gasteiger partial charge in [-0.3, -0.25) is 9.78 Å². The minimum atomic E-state index is -0.0473. The molecule has 0 saturated heterocycles. The third-order valence-electron chi connectivity index (χ3n) is 2.79. The van der Waals surface area contributed by atoms with E-state index < -0.39 is 0 Å². The van der Waals surface area contributed by atoms with Crippen LogP contribution in [0.1, 0.15) is 15.9 Å². The largest absolute Gasteiger partial charge is 0.482 e. The summed E-state index contributed by atoms with van der Waals surface area (Å²) in [5.74, 6) is 0.622. The van der Waals surface area contributed by atoms with E-state index in [2.05, 4.69) is 20.9 Å². The predicted molar refractivity (Wildman–Crippen MR) is 80.9 cm³/mol. The molecule has 2 aromatic rings. The van der Waals surface area contributed by atoms with Crippen LogP contribution in [0.25, 0.3) is 0 Å². The van der Waals surface area contributed by atoms with Crippen LogP contribution in [0.3, 0.4) is 0 Å². The maximum absolute atomic E-state index is 12.3. The Hall–Kier alpha value is -1.88. The van der Waals surface area contributed by atoms with E-state index in [0.29, 0.717) is 23.4 Å². The summed E-state index contributed by atoms with van der Waals surface area (Å²) in [6, 6.07) is 11.0. The van der Waals surface area contributed by atoms with Crippen LogP contribution in [0.4, 0.5) is 0 Å². The number of aromatic nitrogens is 1. The number of ether oxygens (including phenoxy) is 1. The highest BCUT2D eigenvalue weighted by atomic mass is 79.9. The predicted octanol–water partition coefficient (Wildman–Crippen LogP) is 3.09. The third kappa shape index (κ3) is 3.81. The minimum absolute atomic E-state index is 0.0473. The number of pyridine rings is 1. The van der Waals surface area contributed by atoms with Gasteiger partial charge in [0.15, 0.2) is 0 Å². The van der Waals surface area contributed by atoms with Crippen LogP contribution >= 0.6 is 15.9 Å². The molecule has 1 amide bonds. The Morgan fingerprint density at radius 3 is 2.90 bits per heavy atom. The van der Waals surface area contributed by atoms with Crippen LogP contribution in [-0.4, -0.2) is 28.4 Å². The van der Waals surface area contributed by atoms with Gasteiger partial charge in [0.1, 0.15) is 11.3 Å². The summed E-state index contributed by atoms with van der Waals surface area (Å²) in [6.07, 6.45) is 3.47. The van der Waals surface area contributed by atoms with E-state index in [0.717, 1.165) is 5.56 Å². The van der Waals surface area contributed by atoms with Gasteiger partial charge in [-0.15, -0.1) is 0 Å². The molecule has 0 aliphatic heterocycles. The number of carbonyl (C=O) groups excluding carboxylic acids is 1. The lowest BCUT2D eigenvalue weighted by Gasteiger charge is -2.17. The van der Waals surface area contributed by atoms with E-state index in [4.69, 9.17) is 4.74 Å². The summed E-state index contributed by atoms with van der Waals surface area (Å²) in [6.45, 7) is 0.524. The first-order chi connectivity index (χ1) is 9.70. The molecule has 0 atom stereocenters. The van der Waals surface area contributed by atoms with Crippen molar-refractivity contribution in [1.82, 2.24) is 9.88 Å². The molecule has 1 heterocycles. The molecule has 104 valence electrons. The highest BCUT2D eigenvalue weighted by Crippen LogP contribution is 2.16. The van der Waals surface area contributed by atoms with Crippen LogP contribution in [0.5, 0.6) is 5.75 Å². The van der Waals surface area contributed by atoms with Crippen LogP contribution < -0.4 is 4.74 Å². The number of halogens is 1. The molecule has 4 nitrogen and oxygen atoms in total. The zero-order chi connectivity index (χ0) is 14.4. The number of rotatable bonds is 5. The molecular formula is C15H15BrN2O2. The summed E-state index contributed by atoms with van der Waals surface area (Å²) in [5.41, 5.74) is 2.00. The summed E-state index contributed by atoms with van der Waals surface area (Å²) < 4.78 is 5.33. The highest BCUT2D eigenvalue weighted by molar-refractivity contribution is 9.09. The van der Waals surface area contributed by atoms with Crippen molar-refractivity contribution in [3.63, 3.8) is 0 Å². The number of nitrogens with zero attached hydrogens (tertiary/aromatic N) is 2. The van der Waals surface area contributed by atoms with Crippen LogP contribution in [0, 0.1) is 0 Å². The lowest BCUT2D eigenvalue weighted by molar-refractivity contribution is 0.0784. The first kappa shape index (κ1) is 14.5. The molecule has 1 aromatic heterocycles. The van der Waals surface area contributed by atoms with Crippen molar-refractivity contribution in [3.8, 4) is 5.75 Å². The Balaban J connectivity index is 2.08. The second-order valence-electron chi connectivity index (χ2n) is 4.30. The fraction of sp³-hybridized carbons (Fsp3) is 0.200. The molecule has 0 aliphatic rings. The van der Waals surface area contributed by atoms with E-state index in [1.807, 2.05) is 24.3 Å². The second kappa shape index (κ2) is 7.05. The number of carbonyl (C=O) groups is 1. The summed E-state index contributed by atoms with van der Waals surface area (Å²) >= 11 is 3.20. The van der Waals surface area contributed by atoms with Crippen LogP contribution in [0.2, 0.25) is 0 Å². The van der Waals surface area contributed by atoms with E-state index in [9.17, 15) is 4.79 Å². The van der Waals surface area contributed by atoms with Gasteiger partial charge in [0, 0.05) is 31.5 Å². The maximum atomic E-state index is 12.3. The molecule has 0 fully saturated rings. The topological polar surface area (TPSA) is 42.4 Å². The number of hydrogen-bond acceptors (Lipinski definition) is 3. The lowest BCUT2D eigenvalue weighted by atomic mass is 10.2. The first-order valence-electron chi connectivity index (χ1n) is 6.14. The zero-order valence-corrected chi connectivity index (χ0v) is 12.7. The van der Waals surface area contributed by atoms with Gasteiger partial charge >= 0.3 is 0 Å². The Morgan fingerprint density at radius 2 is 2.20 bits per heavy atom. The zero-order valence-electron chi connectivity index (χ0n) is 11.1. The Kier molecular flexibility index (Phi) is 5.12. The molecular weight excluding hydrogens is 320 g/mol. The van der Waals surface area contributed by atoms with Crippen LogP contribution in [0.15, 0.2) is 48.8 Å². The standard InChI is InChI=1S/C15H15BrN2O2/c1-18(10-12-4-3-7-17-9-12)15(19)13-5-2-6-14(8-13)20-11-16/h2-9H,10-11H2,1H3. The fourth-order valence-corrected chi connectivity index (χ4v) is 2.10. The van der Waals surface area contributed by atoms with E-state index in [1.54, 1.807) is 36.5 Å². The number of amides is 1. The van der Waals surface area contributed by atoms with Gasteiger partial charge in [-0.1, -0.05) is 12.1 Å². The molecule has 5 heteroatoms. The van der Waals surface area contributed by atoms with Crippen molar-refractivity contribution in [2.45, 2.75) is 6.54 Å². The normalized spacial score (nSPS) is 10.1. The van der Waals surface area contributed by atoms with Gasteiger partial charge in [-0.05, 0) is 45.8 Å². The van der Waals surface area contributed by atoms with Gasteiger partial charge in [0.2, 0.25) is 0 Å². The van der Waals surface area contributed by atoms with E-state index >= 15 is 0 Å². The Labute approximate surface area is 126 Å². The van der Waals surface area contributed by atoms with Gasteiger partial charge in [0.25, 0.3) is 5.91 Å². The lowest BCUT2D eigenvalue weighted by Crippen LogP contribution is -2.26. The Bertz CT molecular complexity index is 575. The van der Waals surface area contributed by atoms with Crippen molar-refractivity contribution in [2.75, 3.05) is 12.6 Å². The summed E-state index contributed by atoms with van der Waals surface area (Å²) in [7, 11) is 1.77. The van der Waals surface area contributed by atoms with Crippen molar-refractivity contribution in [3.05, 3.63) is 59.9 Å². The number of hydrogen-bond donors (Lipinski definition) is 0.